The van der Waals surface area contributed by atoms with E-state index in [1.54, 1.807) is 19.3 Å². The highest BCUT2D eigenvalue weighted by Crippen LogP contribution is 2.25. The van der Waals surface area contributed by atoms with Crippen molar-refractivity contribution < 1.29 is 9.53 Å². The van der Waals surface area contributed by atoms with Crippen LogP contribution in [0.25, 0.3) is 11.1 Å². The lowest BCUT2D eigenvalue weighted by molar-refractivity contribution is 0.0520. The van der Waals surface area contributed by atoms with E-state index in [4.69, 9.17) is 4.74 Å². The van der Waals surface area contributed by atoms with Gasteiger partial charge in [0, 0.05) is 23.7 Å². The number of rotatable bonds is 4. The van der Waals surface area contributed by atoms with Gasteiger partial charge in [-0.25, -0.2) is 4.79 Å². The monoisotopic (exact) mass is 244 g/mol. The van der Waals surface area contributed by atoms with Crippen LogP contribution in [0.5, 0.6) is 0 Å². The first-order valence-electron chi connectivity index (χ1n) is 6.05. The zero-order valence-corrected chi connectivity index (χ0v) is 10.6. The summed E-state index contributed by atoms with van der Waals surface area (Å²) < 4.78 is 4.99. The van der Waals surface area contributed by atoms with Gasteiger partial charge in [-0.1, -0.05) is 6.92 Å². The number of esters is 1. The number of pyridine rings is 1. The lowest BCUT2D eigenvalue weighted by atomic mass is 10.1. The van der Waals surface area contributed by atoms with E-state index in [9.17, 15) is 4.79 Å². The van der Waals surface area contributed by atoms with Crippen LogP contribution in [0.15, 0.2) is 30.6 Å². The predicted octanol–water partition coefficient (Wildman–Crippen LogP) is 2.82. The third-order valence-electron chi connectivity index (χ3n) is 2.74. The van der Waals surface area contributed by atoms with Crippen LogP contribution < -0.4 is 0 Å². The molecule has 2 rings (SSSR count). The Morgan fingerprint density at radius 1 is 1.33 bits per heavy atom. The molecule has 0 unspecified atom stereocenters. The molecular weight excluding hydrogens is 228 g/mol. The Kier molecular flexibility index (Phi) is 3.77. The van der Waals surface area contributed by atoms with Crippen LogP contribution in [0.3, 0.4) is 0 Å². The number of aromatic amines is 1. The normalized spacial score (nSPS) is 10.3. The average Bonchev–Trinajstić information content (AvgIpc) is 2.84. The molecule has 94 valence electrons. The molecule has 0 aromatic carbocycles. The summed E-state index contributed by atoms with van der Waals surface area (Å²) >= 11 is 0. The lowest BCUT2D eigenvalue weighted by Crippen LogP contribution is -2.04. The summed E-state index contributed by atoms with van der Waals surface area (Å²) in [6.07, 6.45) is 4.31. The molecule has 0 aliphatic rings. The maximum Gasteiger partial charge on any atom is 0.354 e. The highest BCUT2D eigenvalue weighted by molar-refractivity contribution is 5.90. The van der Waals surface area contributed by atoms with Gasteiger partial charge in [0.15, 0.2) is 0 Å². The summed E-state index contributed by atoms with van der Waals surface area (Å²) in [5.41, 5.74) is 3.61. The third-order valence-corrected chi connectivity index (χ3v) is 2.74. The number of hydrogen-bond acceptors (Lipinski definition) is 3. The van der Waals surface area contributed by atoms with Crippen LogP contribution in [-0.2, 0) is 11.2 Å². The SMILES string of the molecule is CCOC(=O)c1cc(-c2ccncc2)c(CC)[nH]1. The van der Waals surface area contributed by atoms with E-state index in [-0.39, 0.29) is 5.97 Å². The van der Waals surface area contributed by atoms with Crippen LogP contribution in [0.2, 0.25) is 0 Å². The number of carbonyl (C=O) groups is 1. The van der Waals surface area contributed by atoms with Crippen LogP contribution in [0.4, 0.5) is 0 Å². The number of H-pyrrole nitrogens is 1. The zero-order valence-electron chi connectivity index (χ0n) is 10.6. The Labute approximate surface area is 106 Å². The molecule has 0 amide bonds. The summed E-state index contributed by atoms with van der Waals surface area (Å²) in [5, 5.41) is 0. The van der Waals surface area contributed by atoms with E-state index in [1.807, 2.05) is 25.1 Å². The van der Waals surface area contributed by atoms with Gasteiger partial charge in [-0.15, -0.1) is 0 Å². The summed E-state index contributed by atoms with van der Waals surface area (Å²) in [4.78, 5) is 18.8. The largest absolute Gasteiger partial charge is 0.461 e. The number of ether oxygens (including phenoxy) is 1. The molecular formula is C14H16N2O2. The first-order valence-corrected chi connectivity index (χ1v) is 6.05. The molecule has 0 aliphatic heterocycles. The maximum absolute atomic E-state index is 11.7. The standard InChI is InChI=1S/C14H16N2O2/c1-3-12-11(10-5-7-15-8-6-10)9-13(16-12)14(17)18-4-2/h5-9,16H,3-4H2,1-2H3. The Balaban J connectivity index is 2.39. The molecule has 0 bridgehead atoms. The van der Waals surface area contributed by atoms with Gasteiger partial charge in [0.25, 0.3) is 0 Å². The van der Waals surface area contributed by atoms with E-state index in [0.29, 0.717) is 12.3 Å². The predicted molar refractivity (Wildman–Crippen MR) is 69.4 cm³/mol. The summed E-state index contributed by atoms with van der Waals surface area (Å²) in [7, 11) is 0. The van der Waals surface area contributed by atoms with E-state index in [2.05, 4.69) is 9.97 Å². The molecule has 2 aromatic heterocycles. The van der Waals surface area contributed by atoms with Crippen molar-refractivity contribution in [3.05, 3.63) is 42.0 Å². The van der Waals surface area contributed by atoms with Gasteiger partial charge in [-0.2, -0.15) is 0 Å². The van der Waals surface area contributed by atoms with Crippen molar-refractivity contribution in [2.24, 2.45) is 0 Å². The highest BCUT2D eigenvalue weighted by Gasteiger charge is 2.14. The fourth-order valence-electron chi connectivity index (χ4n) is 1.88. The average molecular weight is 244 g/mol. The lowest BCUT2D eigenvalue weighted by Gasteiger charge is -2.00. The number of aryl methyl sites for hydroxylation is 1. The molecule has 0 aliphatic carbocycles. The number of carbonyl (C=O) groups excluding carboxylic acids is 1. The van der Waals surface area contributed by atoms with Crippen molar-refractivity contribution in [3.63, 3.8) is 0 Å². The van der Waals surface area contributed by atoms with E-state index in [0.717, 1.165) is 23.2 Å². The van der Waals surface area contributed by atoms with Gasteiger partial charge >= 0.3 is 5.97 Å². The van der Waals surface area contributed by atoms with Crippen LogP contribution in [0.1, 0.15) is 30.0 Å². The van der Waals surface area contributed by atoms with Crippen LogP contribution in [-0.4, -0.2) is 22.5 Å². The zero-order chi connectivity index (χ0) is 13.0. The molecule has 0 fully saturated rings. The second-order valence-corrected chi connectivity index (χ2v) is 3.89. The smallest absolute Gasteiger partial charge is 0.354 e. The van der Waals surface area contributed by atoms with Gasteiger partial charge in [0.1, 0.15) is 5.69 Å². The molecule has 2 heterocycles. The second kappa shape index (κ2) is 5.49. The van der Waals surface area contributed by atoms with Gasteiger partial charge < -0.3 is 9.72 Å². The molecule has 0 saturated carbocycles. The number of hydrogen-bond donors (Lipinski definition) is 1. The summed E-state index contributed by atoms with van der Waals surface area (Å²) in [6.45, 7) is 4.22. The minimum absolute atomic E-state index is 0.312. The number of aromatic nitrogens is 2. The van der Waals surface area contributed by atoms with Gasteiger partial charge in [0.05, 0.1) is 6.61 Å². The molecule has 0 radical (unpaired) electrons. The van der Waals surface area contributed by atoms with E-state index < -0.39 is 0 Å². The number of nitrogens with zero attached hydrogens (tertiary/aromatic N) is 1. The molecule has 0 spiro atoms. The molecule has 18 heavy (non-hydrogen) atoms. The van der Waals surface area contributed by atoms with Crippen molar-refractivity contribution in [2.45, 2.75) is 20.3 Å². The summed E-state index contributed by atoms with van der Waals surface area (Å²) in [6, 6.07) is 5.70. The fraction of sp³-hybridized carbons (Fsp3) is 0.286. The van der Waals surface area contributed by atoms with Crippen molar-refractivity contribution in [1.82, 2.24) is 9.97 Å². The quantitative estimate of drug-likeness (QED) is 0.841. The van der Waals surface area contributed by atoms with Crippen LogP contribution >= 0.6 is 0 Å². The first kappa shape index (κ1) is 12.4. The highest BCUT2D eigenvalue weighted by atomic mass is 16.5. The first-order chi connectivity index (χ1) is 8.76. The summed E-state index contributed by atoms with van der Waals surface area (Å²) in [5.74, 6) is -0.312. The minimum Gasteiger partial charge on any atom is -0.461 e. The van der Waals surface area contributed by atoms with Gasteiger partial charge in [0.2, 0.25) is 0 Å². The van der Waals surface area contributed by atoms with Crippen molar-refractivity contribution >= 4 is 5.97 Å². The molecule has 4 nitrogen and oxygen atoms in total. The van der Waals surface area contributed by atoms with E-state index in [1.165, 1.54) is 0 Å². The minimum atomic E-state index is -0.312. The maximum atomic E-state index is 11.7. The molecule has 4 heteroatoms. The van der Waals surface area contributed by atoms with Crippen molar-refractivity contribution in [3.8, 4) is 11.1 Å². The van der Waals surface area contributed by atoms with Crippen LogP contribution in [0, 0.1) is 0 Å². The Hall–Kier alpha value is -2.10. The Morgan fingerprint density at radius 3 is 2.67 bits per heavy atom. The van der Waals surface area contributed by atoms with Crippen molar-refractivity contribution in [1.29, 1.82) is 0 Å². The molecule has 1 N–H and O–H groups in total. The van der Waals surface area contributed by atoms with Crippen molar-refractivity contribution in [2.75, 3.05) is 6.61 Å². The fourth-order valence-corrected chi connectivity index (χ4v) is 1.88. The molecule has 0 saturated heterocycles. The second-order valence-electron chi connectivity index (χ2n) is 3.89. The van der Waals surface area contributed by atoms with E-state index >= 15 is 0 Å². The van der Waals surface area contributed by atoms with Gasteiger partial charge in [-0.3, -0.25) is 4.98 Å². The molecule has 0 atom stereocenters. The Bertz CT molecular complexity index is 532. The number of nitrogens with one attached hydrogen (secondary N) is 1. The third kappa shape index (κ3) is 2.42. The Morgan fingerprint density at radius 2 is 2.06 bits per heavy atom. The van der Waals surface area contributed by atoms with Gasteiger partial charge in [-0.05, 0) is 37.1 Å². The molecule has 2 aromatic rings. The topological polar surface area (TPSA) is 55.0 Å².